The number of fused-ring (bicyclic) bond motifs is 1. The molecule has 3 rings (SSSR count). The molecule has 0 fully saturated rings. The number of nitrogens with one attached hydrogen (secondary N) is 4. The van der Waals surface area contributed by atoms with Crippen molar-refractivity contribution in [3.63, 3.8) is 0 Å². The average molecular weight is 397 g/mol. The second-order valence-electron chi connectivity index (χ2n) is 6.65. The predicted molar refractivity (Wildman–Crippen MR) is 111 cm³/mol. The maximum atomic E-state index is 13.6. The van der Waals surface area contributed by atoms with Crippen LogP contribution in [0.5, 0.6) is 0 Å². The van der Waals surface area contributed by atoms with Crippen molar-refractivity contribution in [2.75, 3.05) is 32.0 Å². The molecule has 0 aliphatic carbocycles. The third kappa shape index (κ3) is 5.31. The van der Waals surface area contributed by atoms with E-state index < -0.39 is 11.7 Å². The monoisotopic (exact) mass is 397 g/mol. The fourth-order valence-electron chi connectivity index (χ4n) is 3.22. The minimum absolute atomic E-state index is 0.00527. The summed E-state index contributed by atoms with van der Waals surface area (Å²) < 4.78 is 13.6. The van der Waals surface area contributed by atoms with Crippen molar-refractivity contribution in [1.82, 2.24) is 16.0 Å². The van der Waals surface area contributed by atoms with Gasteiger partial charge in [0.05, 0.1) is 5.56 Å². The van der Waals surface area contributed by atoms with E-state index in [4.69, 9.17) is 0 Å². The molecule has 1 heterocycles. The van der Waals surface area contributed by atoms with Gasteiger partial charge in [0, 0.05) is 44.7 Å². The molecule has 0 bridgehead atoms. The zero-order valence-corrected chi connectivity index (χ0v) is 16.2. The smallest absolute Gasteiger partial charge is 0.254 e. The Morgan fingerprint density at radius 3 is 2.62 bits per heavy atom. The molecule has 1 aliphatic rings. The van der Waals surface area contributed by atoms with E-state index >= 15 is 0 Å². The number of halogens is 1. The summed E-state index contributed by atoms with van der Waals surface area (Å²) >= 11 is 0. The largest absolute Gasteiger partial charge is 0.356 e. The second-order valence-corrected chi connectivity index (χ2v) is 6.65. The first kappa shape index (κ1) is 20.3. The summed E-state index contributed by atoms with van der Waals surface area (Å²) in [4.78, 5) is 28.1. The summed E-state index contributed by atoms with van der Waals surface area (Å²) in [5, 5.41) is 11.9. The van der Waals surface area contributed by atoms with Crippen LogP contribution in [0.3, 0.4) is 0 Å². The van der Waals surface area contributed by atoms with Crippen LogP contribution in [-0.4, -0.2) is 44.5 Å². The van der Waals surface area contributed by atoms with E-state index in [2.05, 4.69) is 26.3 Å². The molecule has 0 aromatic heterocycles. The first-order valence-electron chi connectivity index (χ1n) is 9.44. The number of rotatable bonds is 6. The van der Waals surface area contributed by atoms with E-state index in [0.29, 0.717) is 32.0 Å². The van der Waals surface area contributed by atoms with Crippen LogP contribution in [0.25, 0.3) is 0 Å². The molecule has 7 nitrogen and oxygen atoms in total. The number of para-hydroxylation sites is 1. The summed E-state index contributed by atoms with van der Waals surface area (Å²) in [6.07, 6.45) is 0.402. The van der Waals surface area contributed by atoms with Crippen molar-refractivity contribution in [1.29, 1.82) is 0 Å². The first-order valence-corrected chi connectivity index (χ1v) is 9.44. The molecule has 4 N–H and O–H groups in total. The maximum Gasteiger partial charge on any atom is 0.254 e. The number of guanidine groups is 1. The maximum absolute atomic E-state index is 13.6. The van der Waals surface area contributed by atoms with Gasteiger partial charge < -0.3 is 21.3 Å². The van der Waals surface area contributed by atoms with Gasteiger partial charge in [-0.2, -0.15) is 0 Å². The van der Waals surface area contributed by atoms with Crippen molar-refractivity contribution < 1.29 is 14.0 Å². The van der Waals surface area contributed by atoms with Crippen LogP contribution in [0.2, 0.25) is 0 Å². The van der Waals surface area contributed by atoms with Crippen molar-refractivity contribution in [2.24, 2.45) is 4.99 Å². The summed E-state index contributed by atoms with van der Waals surface area (Å²) in [6, 6.07) is 13.6. The molecule has 0 saturated heterocycles. The second kappa shape index (κ2) is 9.68. The molecule has 0 saturated carbocycles. The topological polar surface area (TPSA) is 94.6 Å². The minimum atomic E-state index is -0.549. The highest BCUT2D eigenvalue weighted by atomic mass is 19.1. The summed E-state index contributed by atoms with van der Waals surface area (Å²) in [5.41, 5.74) is 1.95. The van der Waals surface area contributed by atoms with Crippen molar-refractivity contribution in [3.8, 4) is 0 Å². The van der Waals surface area contributed by atoms with Gasteiger partial charge >= 0.3 is 0 Å². The Morgan fingerprint density at radius 1 is 1.10 bits per heavy atom. The molecular formula is C21H24FN5O2. The Kier molecular flexibility index (Phi) is 6.78. The molecule has 0 spiro atoms. The lowest BCUT2D eigenvalue weighted by Crippen LogP contribution is -2.43. The van der Waals surface area contributed by atoms with E-state index in [1.807, 2.05) is 24.3 Å². The minimum Gasteiger partial charge on any atom is -0.356 e. The fraction of sp³-hybridized carbons (Fsp3) is 0.286. The first-order chi connectivity index (χ1) is 14.1. The molecule has 0 radical (unpaired) electrons. The van der Waals surface area contributed by atoms with Crippen molar-refractivity contribution in [3.05, 3.63) is 65.5 Å². The highest BCUT2D eigenvalue weighted by Gasteiger charge is 2.24. The molecule has 1 atom stereocenters. The van der Waals surface area contributed by atoms with Gasteiger partial charge in [-0.15, -0.1) is 0 Å². The molecule has 8 heteroatoms. The molecular weight excluding hydrogens is 373 g/mol. The van der Waals surface area contributed by atoms with Gasteiger partial charge in [0.2, 0.25) is 5.91 Å². The Bertz CT molecular complexity index is 915. The van der Waals surface area contributed by atoms with Gasteiger partial charge in [-0.3, -0.25) is 14.6 Å². The van der Waals surface area contributed by atoms with Crippen LogP contribution in [0.15, 0.2) is 53.5 Å². The van der Waals surface area contributed by atoms with Gasteiger partial charge in [-0.25, -0.2) is 4.39 Å². The van der Waals surface area contributed by atoms with Gasteiger partial charge in [0.25, 0.3) is 5.91 Å². The number of amides is 2. The SMILES string of the molecule is CN=C(NCCNC(=O)c1ccccc1F)NCC1CC(=O)Nc2ccccc21. The van der Waals surface area contributed by atoms with E-state index in [1.165, 1.54) is 18.2 Å². The number of anilines is 1. The molecule has 1 unspecified atom stereocenters. The van der Waals surface area contributed by atoms with Crippen molar-refractivity contribution in [2.45, 2.75) is 12.3 Å². The third-order valence-corrected chi connectivity index (χ3v) is 4.67. The Balaban J connectivity index is 1.45. The zero-order chi connectivity index (χ0) is 20.6. The molecule has 2 amide bonds. The van der Waals surface area contributed by atoms with Crippen LogP contribution >= 0.6 is 0 Å². The fourth-order valence-corrected chi connectivity index (χ4v) is 3.22. The Hall–Kier alpha value is -3.42. The lowest BCUT2D eigenvalue weighted by atomic mass is 9.90. The summed E-state index contributed by atoms with van der Waals surface area (Å²) in [7, 11) is 1.65. The zero-order valence-electron chi connectivity index (χ0n) is 16.2. The van der Waals surface area contributed by atoms with Crippen LogP contribution < -0.4 is 21.3 Å². The molecule has 152 valence electrons. The third-order valence-electron chi connectivity index (χ3n) is 4.67. The number of hydrogen-bond donors (Lipinski definition) is 4. The Morgan fingerprint density at radius 2 is 1.83 bits per heavy atom. The normalized spacial score (nSPS) is 15.9. The number of carbonyl (C=O) groups excluding carboxylic acids is 2. The highest BCUT2D eigenvalue weighted by Crippen LogP contribution is 2.31. The quantitative estimate of drug-likeness (QED) is 0.340. The Labute approximate surface area is 168 Å². The number of carbonyl (C=O) groups is 2. The van der Waals surface area contributed by atoms with E-state index in [9.17, 15) is 14.0 Å². The molecule has 1 aliphatic heterocycles. The highest BCUT2D eigenvalue weighted by molar-refractivity contribution is 5.95. The molecule has 2 aromatic rings. The number of aliphatic imine (C=N–C) groups is 1. The molecule has 2 aromatic carbocycles. The van der Waals surface area contributed by atoms with E-state index in [-0.39, 0.29) is 17.4 Å². The summed E-state index contributed by atoms with van der Waals surface area (Å²) in [5.74, 6) is -0.410. The van der Waals surface area contributed by atoms with E-state index in [0.717, 1.165) is 11.3 Å². The van der Waals surface area contributed by atoms with Crippen molar-refractivity contribution >= 4 is 23.5 Å². The van der Waals surface area contributed by atoms with E-state index in [1.54, 1.807) is 13.1 Å². The lowest BCUT2D eigenvalue weighted by molar-refractivity contribution is -0.116. The van der Waals surface area contributed by atoms with Gasteiger partial charge in [0.15, 0.2) is 5.96 Å². The van der Waals surface area contributed by atoms with Crippen LogP contribution in [-0.2, 0) is 4.79 Å². The molecule has 29 heavy (non-hydrogen) atoms. The van der Waals surface area contributed by atoms with Gasteiger partial charge in [0.1, 0.15) is 5.82 Å². The number of nitrogens with zero attached hydrogens (tertiary/aromatic N) is 1. The standard InChI is InChI=1S/C21H24FN5O2/c1-23-21(25-11-10-24-20(29)16-7-2-4-8-17(16)22)26-13-14-12-19(28)27-18-9-5-3-6-15(14)18/h2-9,14H,10-13H2,1H3,(H,24,29)(H,27,28)(H2,23,25,26). The lowest BCUT2D eigenvalue weighted by Gasteiger charge is -2.26. The number of benzene rings is 2. The van der Waals surface area contributed by atoms with Crippen LogP contribution in [0.1, 0.15) is 28.3 Å². The van der Waals surface area contributed by atoms with Gasteiger partial charge in [-0.05, 0) is 23.8 Å². The van der Waals surface area contributed by atoms with Crippen LogP contribution in [0.4, 0.5) is 10.1 Å². The predicted octanol–water partition coefficient (Wildman–Crippen LogP) is 1.85. The van der Waals surface area contributed by atoms with Crippen LogP contribution in [0, 0.1) is 5.82 Å². The van der Waals surface area contributed by atoms with Gasteiger partial charge in [-0.1, -0.05) is 30.3 Å². The average Bonchev–Trinajstić information content (AvgIpc) is 2.73. The number of hydrogen-bond acceptors (Lipinski definition) is 3. The summed E-state index contributed by atoms with van der Waals surface area (Å²) in [6.45, 7) is 1.27.